The number of nitrogens with zero attached hydrogens (tertiary/aromatic N) is 3. The predicted octanol–water partition coefficient (Wildman–Crippen LogP) is 14.1. The van der Waals surface area contributed by atoms with Gasteiger partial charge in [0.25, 0.3) is 0 Å². The van der Waals surface area contributed by atoms with Crippen LogP contribution in [0.1, 0.15) is 59.6 Å². The normalized spacial score (nSPS) is 18.5. The van der Waals surface area contributed by atoms with E-state index >= 15 is 0 Å². The molecule has 4 aliphatic rings. The number of hydrogen-bond donors (Lipinski definition) is 0. The Morgan fingerprint density at radius 1 is 0.683 bits per heavy atom. The van der Waals surface area contributed by atoms with Crippen LogP contribution in [-0.4, -0.2) is 20.2 Å². The summed E-state index contributed by atoms with van der Waals surface area (Å²) in [6.07, 6.45) is 26.1. The summed E-state index contributed by atoms with van der Waals surface area (Å²) in [7, 11) is 0. The van der Waals surface area contributed by atoms with Crippen molar-refractivity contribution in [2.45, 2.75) is 41.2 Å². The van der Waals surface area contributed by atoms with Crippen LogP contribution in [0, 0.1) is 5.92 Å². The van der Waals surface area contributed by atoms with Crippen LogP contribution in [0.5, 0.6) is 0 Å². The van der Waals surface area contributed by atoms with Crippen molar-refractivity contribution in [2.75, 3.05) is 0 Å². The number of aromatic nitrogens is 3. The van der Waals surface area contributed by atoms with Crippen molar-refractivity contribution >= 4 is 39.9 Å². The number of allylic oxidation sites excluding steroid dienone is 9. The van der Waals surface area contributed by atoms with Gasteiger partial charge in [-0.1, -0.05) is 152 Å². The molecule has 0 radical (unpaired) electrons. The molecule has 0 fully saturated rings. The maximum Gasteiger partial charge on any atom is 0.156 e. The number of thioether (sulfide) groups is 1. The second kappa shape index (κ2) is 15.2. The molecule has 0 bridgehead atoms. The SMILES string of the molecule is C=CC1C(/C=C/c2cc(C3=CCCC=C3)nc(C3=CC=CCC3)n2)Sc2cc(-c3ccc(-c4ccnc5ccccc45)cc3)ccc2C12c1ccccc1-c1ccccc12. The first kappa shape index (κ1) is 36.5. The molecule has 5 aromatic carbocycles. The molecular formula is C56H43N3S. The van der Waals surface area contributed by atoms with E-state index in [2.05, 4.69) is 188 Å². The summed E-state index contributed by atoms with van der Waals surface area (Å²) in [5, 5.41) is 1.23. The van der Waals surface area contributed by atoms with Gasteiger partial charge in [0.1, 0.15) is 0 Å². The van der Waals surface area contributed by atoms with Gasteiger partial charge in [0.15, 0.2) is 5.82 Å². The van der Waals surface area contributed by atoms with Gasteiger partial charge in [-0.15, -0.1) is 18.3 Å². The van der Waals surface area contributed by atoms with Gasteiger partial charge in [-0.25, -0.2) is 9.97 Å². The van der Waals surface area contributed by atoms with E-state index in [1.807, 2.05) is 24.0 Å². The van der Waals surface area contributed by atoms with Crippen LogP contribution in [-0.2, 0) is 5.41 Å². The molecule has 2 aromatic heterocycles. The molecule has 0 saturated heterocycles. The van der Waals surface area contributed by atoms with Crippen LogP contribution < -0.4 is 0 Å². The van der Waals surface area contributed by atoms with E-state index in [1.54, 1.807) is 0 Å². The van der Waals surface area contributed by atoms with E-state index in [0.29, 0.717) is 0 Å². The number of para-hydroxylation sites is 1. The first-order valence-electron chi connectivity index (χ1n) is 21.1. The molecule has 11 rings (SSSR count). The molecule has 7 aromatic rings. The molecule has 4 heteroatoms. The van der Waals surface area contributed by atoms with Crippen LogP contribution in [0.15, 0.2) is 194 Å². The summed E-state index contributed by atoms with van der Waals surface area (Å²) in [6, 6.07) is 46.9. The molecule has 3 heterocycles. The van der Waals surface area contributed by atoms with E-state index in [9.17, 15) is 0 Å². The fourth-order valence-corrected chi connectivity index (χ4v) is 11.4. The van der Waals surface area contributed by atoms with Crippen molar-refractivity contribution in [3.8, 4) is 33.4 Å². The third-order valence-electron chi connectivity index (χ3n) is 12.7. The molecule has 0 N–H and O–H groups in total. The second-order valence-electron chi connectivity index (χ2n) is 16.1. The number of fused-ring (bicyclic) bond motifs is 8. The highest BCUT2D eigenvalue weighted by atomic mass is 32.2. The van der Waals surface area contributed by atoms with E-state index < -0.39 is 5.41 Å². The number of pyridine rings is 1. The summed E-state index contributed by atoms with van der Waals surface area (Å²) in [4.78, 5) is 16.2. The summed E-state index contributed by atoms with van der Waals surface area (Å²) >= 11 is 1.94. The standard InChI is InChI=1S/C56H43N3S/c1-2-47-53(32-30-42-36-52(39-15-5-3-6-16-39)59-55(58-42)40-17-7-4-8-18-40)60-54-35-41(37-25-27-38(28-26-37)43-33-34-57-51-24-14-11-21-46(43)51)29-31-50(54)56(47)48-22-12-9-19-44(48)45-20-10-13-23-49(45)56/h2,4-5,7,9-17,19-36,47,53H,1,3,6,8,18H2/b32-30+. The molecule has 3 nitrogen and oxygen atoms in total. The summed E-state index contributed by atoms with van der Waals surface area (Å²) in [6.45, 7) is 4.59. The Labute approximate surface area is 356 Å². The average Bonchev–Trinajstić information content (AvgIpc) is 3.61. The Morgan fingerprint density at radius 3 is 2.22 bits per heavy atom. The minimum absolute atomic E-state index is 0.0623. The minimum atomic E-state index is -0.422. The lowest BCUT2D eigenvalue weighted by molar-refractivity contribution is 0.453. The lowest BCUT2D eigenvalue weighted by Crippen LogP contribution is -2.43. The van der Waals surface area contributed by atoms with Crippen molar-refractivity contribution in [1.29, 1.82) is 0 Å². The molecule has 288 valence electrons. The van der Waals surface area contributed by atoms with Gasteiger partial charge in [-0.3, -0.25) is 4.98 Å². The Bertz CT molecular complexity index is 2950. The maximum absolute atomic E-state index is 5.20. The molecule has 3 aliphatic carbocycles. The molecule has 0 saturated carbocycles. The molecule has 2 unspecified atom stereocenters. The highest BCUT2D eigenvalue weighted by molar-refractivity contribution is 8.00. The second-order valence-corrected chi connectivity index (χ2v) is 17.3. The number of benzene rings is 5. The Hall–Kier alpha value is -6.62. The monoisotopic (exact) mass is 789 g/mol. The van der Waals surface area contributed by atoms with Gasteiger partial charge in [-0.2, -0.15) is 0 Å². The van der Waals surface area contributed by atoms with Gasteiger partial charge >= 0.3 is 0 Å². The van der Waals surface area contributed by atoms with Crippen LogP contribution >= 0.6 is 11.8 Å². The first-order valence-corrected chi connectivity index (χ1v) is 21.9. The van der Waals surface area contributed by atoms with E-state index in [0.717, 1.165) is 53.8 Å². The Kier molecular flexibility index (Phi) is 9.24. The molecular weight excluding hydrogens is 747 g/mol. The Morgan fingerprint density at radius 2 is 1.45 bits per heavy atom. The van der Waals surface area contributed by atoms with Crippen LogP contribution in [0.3, 0.4) is 0 Å². The van der Waals surface area contributed by atoms with Crippen molar-refractivity contribution in [3.63, 3.8) is 0 Å². The quantitative estimate of drug-likeness (QED) is 0.151. The summed E-state index contributed by atoms with van der Waals surface area (Å²) < 4.78 is 0. The van der Waals surface area contributed by atoms with Crippen molar-refractivity contribution in [3.05, 3.63) is 223 Å². The minimum Gasteiger partial charge on any atom is -0.256 e. The fourth-order valence-electron chi connectivity index (χ4n) is 9.98. The zero-order valence-corrected chi connectivity index (χ0v) is 34.2. The van der Waals surface area contributed by atoms with Crippen molar-refractivity contribution in [2.24, 2.45) is 5.92 Å². The van der Waals surface area contributed by atoms with E-state index in [1.165, 1.54) is 66.1 Å². The zero-order valence-electron chi connectivity index (χ0n) is 33.3. The smallest absolute Gasteiger partial charge is 0.156 e. The number of hydrogen-bond acceptors (Lipinski definition) is 4. The van der Waals surface area contributed by atoms with Crippen molar-refractivity contribution < 1.29 is 0 Å². The van der Waals surface area contributed by atoms with Gasteiger partial charge in [-0.05, 0) is 117 Å². The van der Waals surface area contributed by atoms with E-state index in [4.69, 9.17) is 9.97 Å². The van der Waals surface area contributed by atoms with Gasteiger partial charge in [0, 0.05) is 27.6 Å². The average molecular weight is 790 g/mol. The topological polar surface area (TPSA) is 38.7 Å². The molecule has 1 spiro atoms. The summed E-state index contributed by atoms with van der Waals surface area (Å²) in [5.41, 5.74) is 16.3. The van der Waals surface area contributed by atoms with Gasteiger partial charge in [0.2, 0.25) is 0 Å². The first-order chi connectivity index (χ1) is 29.7. The predicted molar refractivity (Wildman–Crippen MR) is 251 cm³/mol. The Balaban J connectivity index is 1.04. The summed E-state index contributed by atoms with van der Waals surface area (Å²) in [5.74, 6) is 0.883. The van der Waals surface area contributed by atoms with Crippen molar-refractivity contribution in [1.82, 2.24) is 15.0 Å². The zero-order chi connectivity index (χ0) is 40.0. The van der Waals surface area contributed by atoms with Crippen LogP contribution in [0.4, 0.5) is 0 Å². The van der Waals surface area contributed by atoms with Gasteiger partial charge in [0.05, 0.1) is 22.3 Å². The largest absolute Gasteiger partial charge is 0.256 e. The third-order valence-corrected chi connectivity index (χ3v) is 14.1. The van der Waals surface area contributed by atoms with Crippen LogP contribution in [0.25, 0.3) is 61.5 Å². The lowest BCUT2D eigenvalue weighted by Gasteiger charge is -2.46. The molecule has 2 atom stereocenters. The molecule has 0 amide bonds. The third kappa shape index (κ3) is 6.09. The van der Waals surface area contributed by atoms with Crippen LogP contribution in [0.2, 0.25) is 0 Å². The highest BCUT2D eigenvalue weighted by Crippen LogP contribution is 2.63. The van der Waals surface area contributed by atoms with E-state index in [-0.39, 0.29) is 11.2 Å². The number of rotatable bonds is 7. The molecule has 1 aliphatic heterocycles. The van der Waals surface area contributed by atoms with Gasteiger partial charge < -0.3 is 0 Å². The lowest BCUT2D eigenvalue weighted by atomic mass is 9.62. The fraction of sp³-hybridized carbons (Fsp3) is 0.125. The highest BCUT2D eigenvalue weighted by Gasteiger charge is 2.54. The maximum atomic E-state index is 5.20. The molecule has 60 heavy (non-hydrogen) atoms.